The molecule has 0 amide bonds. The first-order valence-electron chi connectivity index (χ1n) is 13.9. The fraction of sp³-hybridized carbons (Fsp3) is 0.433. The second-order valence-corrected chi connectivity index (χ2v) is 12.0. The molecule has 2 heterocycles. The van der Waals surface area contributed by atoms with Gasteiger partial charge in [0.15, 0.2) is 23.9 Å². The molecule has 12 nitrogen and oxygen atoms in total. The standard InChI is InChI=1S/C30H36N2O10S/c1-19-29(20(2)42-31-19)43(36,37)32-15-6-5-10-24(32)30(35)41-25(22-8-7-9-23(17-22)40-18-28(33)34)13-11-21-12-14-26(38-3)27(16-21)39-4/h7-9,12,14,16-17,24-25H,5-6,10-11,13,15,18H2,1-4H3,(H,33,34)/t24-,25+/m0/s1. The van der Waals surface area contributed by atoms with Gasteiger partial charge in [-0.25, -0.2) is 13.2 Å². The first-order valence-corrected chi connectivity index (χ1v) is 15.3. The Bertz CT molecular complexity index is 1530. The number of carboxylic acids is 1. The minimum atomic E-state index is -4.09. The second kappa shape index (κ2) is 13.9. The van der Waals surface area contributed by atoms with Gasteiger partial charge < -0.3 is 28.6 Å². The average Bonchev–Trinajstić information content (AvgIpc) is 3.36. The lowest BCUT2D eigenvalue weighted by atomic mass is 10.00. The van der Waals surface area contributed by atoms with Crippen molar-refractivity contribution >= 4 is 22.0 Å². The molecule has 2 aromatic carbocycles. The SMILES string of the molecule is COc1ccc(CC[C@@H](OC(=O)[C@@H]2CCCCN2S(=O)(=O)c2c(C)noc2C)c2cccc(OCC(=O)O)c2)cc1OC. The summed E-state index contributed by atoms with van der Waals surface area (Å²) in [6, 6.07) is 11.1. The van der Waals surface area contributed by atoms with Crippen LogP contribution in [-0.2, 0) is 30.8 Å². The number of rotatable bonds is 13. The Hall–Kier alpha value is -4.10. The monoisotopic (exact) mass is 616 g/mol. The average molecular weight is 617 g/mol. The molecule has 0 bridgehead atoms. The van der Waals surface area contributed by atoms with Crippen molar-refractivity contribution in [2.75, 3.05) is 27.4 Å². The van der Waals surface area contributed by atoms with Crippen LogP contribution >= 0.6 is 0 Å². The van der Waals surface area contributed by atoms with E-state index in [1.165, 1.54) is 11.2 Å². The highest BCUT2D eigenvalue weighted by Crippen LogP contribution is 2.34. The minimum Gasteiger partial charge on any atom is -0.493 e. The lowest BCUT2D eigenvalue weighted by molar-refractivity contribution is -0.155. The highest BCUT2D eigenvalue weighted by Gasteiger charge is 2.41. The van der Waals surface area contributed by atoms with Crippen LogP contribution < -0.4 is 14.2 Å². The number of aliphatic carboxylic acids is 1. The van der Waals surface area contributed by atoms with E-state index in [1.807, 2.05) is 12.1 Å². The van der Waals surface area contributed by atoms with Crippen molar-refractivity contribution < 1.29 is 46.6 Å². The molecule has 1 fully saturated rings. The molecule has 232 valence electrons. The van der Waals surface area contributed by atoms with E-state index in [4.69, 9.17) is 28.6 Å². The number of benzene rings is 2. The van der Waals surface area contributed by atoms with Crippen molar-refractivity contribution in [3.05, 3.63) is 65.0 Å². The van der Waals surface area contributed by atoms with Crippen LogP contribution in [-0.4, -0.2) is 68.3 Å². The highest BCUT2D eigenvalue weighted by atomic mass is 32.2. The van der Waals surface area contributed by atoms with Crippen molar-refractivity contribution in [2.24, 2.45) is 0 Å². The zero-order chi connectivity index (χ0) is 31.1. The molecule has 1 N–H and O–H groups in total. The molecule has 0 radical (unpaired) electrons. The van der Waals surface area contributed by atoms with Crippen LogP contribution in [0.25, 0.3) is 0 Å². The number of piperidine rings is 1. The van der Waals surface area contributed by atoms with Crippen LogP contribution in [0.1, 0.15) is 54.4 Å². The number of aromatic nitrogens is 1. The van der Waals surface area contributed by atoms with E-state index in [-0.39, 0.29) is 22.9 Å². The summed E-state index contributed by atoms with van der Waals surface area (Å²) in [5, 5.41) is 12.8. The number of aryl methyl sites for hydroxylation is 3. The largest absolute Gasteiger partial charge is 0.493 e. The Balaban J connectivity index is 1.62. The Morgan fingerprint density at radius 3 is 2.53 bits per heavy atom. The predicted molar refractivity (Wildman–Crippen MR) is 154 cm³/mol. The van der Waals surface area contributed by atoms with Crippen molar-refractivity contribution in [3.63, 3.8) is 0 Å². The Kier molecular flexibility index (Phi) is 10.3. The first-order chi connectivity index (χ1) is 20.5. The summed E-state index contributed by atoms with van der Waals surface area (Å²) in [6.07, 6.45) is 1.57. The van der Waals surface area contributed by atoms with E-state index in [1.54, 1.807) is 51.5 Å². The maximum atomic E-state index is 13.8. The van der Waals surface area contributed by atoms with Gasteiger partial charge in [0.25, 0.3) is 0 Å². The summed E-state index contributed by atoms with van der Waals surface area (Å²) in [5.41, 5.74) is 1.70. The van der Waals surface area contributed by atoms with Crippen molar-refractivity contribution in [3.8, 4) is 17.2 Å². The van der Waals surface area contributed by atoms with Crippen LogP contribution in [0.2, 0.25) is 0 Å². The molecule has 1 aliphatic heterocycles. The van der Waals surface area contributed by atoms with Gasteiger partial charge in [-0.15, -0.1) is 0 Å². The second-order valence-electron chi connectivity index (χ2n) is 10.2. The molecule has 0 saturated carbocycles. The maximum Gasteiger partial charge on any atom is 0.341 e. The van der Waals surface area contributed by atoms with Gasteiger partial charge in [0.05, 0.1) is 14.2 Å². The molecular formula is C30H36N2O10S. The van der Waals surface area contributed by atoms with Gasteiger partial charge in [-0.05, 0) is 81.3 Å². The zero-order valence-electron chi connectivity index (χ0n) is 24.6. The third kappa shape index (κ3) is 7.46. The molecule has 4 rings (SSSR count). The molecule has 1 saturated heterocycles. The number of methoxy groups -OCH3 is 2. The number of nitrogens with zero attached hydrogens (tertiary/aromatic N) is 2. The van der Waals surface area contributed by atoms with Crippen LogP contribution in [0.15, 0.2) is 51.9 Å². The quantitative estimate of drug-likeness (QED) is 0.274. The number of carbonyl (C=O) groups excluding carboxylic acids is 1. The van der Waals surface area contributed by atoms with Crippen LogP contribution in [0.5, 0.6) is 17.2 Å². The zero-order valence-corrected chi connectivity index (χ0v) is 25.4. The lowest BCUT2D eigenvalue weighted by Gasteiger charge is -2.34. The molecule has 3 aromatic rings. The summed E-state index contributed by atoms with van der Waals surface area (Å²) in [6.45, 7) is 2.69. The molecule has 1 aromatic heterocycles. The molecule has 1 aliphatic rings. The number of esters is 1. The van der Waals surface area contributed by atoms with Gasteiger partial charge in [-0.2, -0.15) is 4.31 Å². The Morgan fingerprint density at radius 1 is 1.09 bits per heavy atom. The Morgan fingerprint density at radius 2 is 1.86 bits per heavy atom. The van der Waals surface area contributed by atoms with Crippen LogP contribution in [0.3, 0.4) is 0 Å². The van der Waals surface area contributed by atoms with Crippen LogP contribution in [0.4, 0.5) is 0 Å². The van der Waals surface area contributed by atoms with Gasteiger partial charge in [-0.1, -0.05) is 23.4 Å². The summed E-state index contributed by atoms with van der Waals surface area (Å²) >= 11 is 0. The van der Waals surface area contributed by atoms with Crippen LogP contribution in [0, 0.1) is 13.8 Å². The fourth-order valence-electron chi connectivity index (χ4n) is 5.18. The van der Waals surface area contributed by atoms with E-state index < -0.39 is 40.7 Å². The molecule has 13 heteroatoms. The number of carbonyl (C=O) groups is 2. The van der Waals surface area contributed by atoms with Gasteiger partial charge in [0, 0.05) is 6.54 Å². The third-order valence-electron chi connectivity index (χ3n) is 7.25. The van der Waals surface area contributed by atoms with Crippen molar-refractivity contribution in [1.82, 2.24) is 9.46 Å². The van der Waals surface area contributed by atoms with E-state index in [2.05, 4.69) is 5.16 Å². The van der Waals surface area contributed by atoms with E-state index in [0.29, 0.717) is 54.9 Å². The lowest BCUT2D eigenvalue weighted by Crippen LogP contribution is -2.49. The topological polar surface area (TPSA) is 155 Å². The summed E-state index contributed by atoms with van der Waals surface area (Å²) < 4.78 is 55.8. The summed E-state index contributed by atoms with van der Waals surface area (Å²) in [4.78, 5) is 24.8. The first kappa shape index (κ1) is 31.8. The smallest absolute Gasteiger partial charge is 0.341 e. The summed E-state index contributed by atoms with van der Waals surface area (Å²) in [7, 11) is -1.00. The normalized spacial score (nSPS) is 16.3. The number of hydrogen-bond donors (Lipinski definition) is 1. The number of ether oxygens (including phenoxy) is 4. The molecular weight excluding hydrogens is 580 g/mol. The van der Waals surface area contributed by atoms with Gasteiger partial charge in [-0.3, -0.25) is 4.79 Å². The van der Waals surface area contributed by atoms with Gasteiger partial charge in [0.1, 0.15) is 28.5 Å². The summed E-state index contributed by atoms with van der Waals surface area (Å²) in [5.74, 6) is -0.217. The Labute approximate surface area is 250 Å². The third-order valence-corrected chi connectivity index (χ3v) is 9.41. The molecule has 2 atom stereocenters. The van der Waals surface area contributed by atoms with Crippen molar-refractivity contribution in [1.29, 1.82) is 0 Å². The minimum absolute atomic E-state index is 0.0412. The van der Waals surface area contributed by atoms with E-state index in [0.717, 1.165) is 5.56 Å². The van der Waals surface area contributed by atoms with E-state index >= 15 is 0 Å². The molecule has 0 spiro atoms. The van der Waals surface area contributed by atoms with Crippen molar-refractivity contribution in [2.45, 2.75) is 63.0 Å². The predicted octanol–water partition coefficient (Wildman–Crippen LogP) is 4.23. The molecule has 0 unspecified atom stereocenters. The molecule has 0 aliphatic carbocycles. The number of carboxylic acid groups (broad SMARTS) is 1. The maximum absolute atomic E-state index is 13.8. The highest BCUT2D eigenvalue weighted by molar-refractivity contribution is 7.89. The van der Waals surface area contributed by atoms with E-state index in [9.17, 15) is 18.0 Å². The number of sulfonamides is 1. The van der Waals surface area contributed by atoms with Gasteiger partial charge >= 0.3 is 11.9 Å². The molecule has 43 heavy (non-hydrogen) atoms. The fourth-order valence-corrected chi connectivity index (χ4v) is 7.13. The number of hydrogen-bond acceptors (Lipinski definition) is 10. The van der Waals surface area contributed by atoms with Gasteiger partial charge in [0.2, 0.25) is 10.0 Å².